The Labute approximate surface area is 120 Å². The Morgan fingerprint density at radius 3 is 2.70 bits per heavy atom. The van der Waals surface area contributed by atoms with Crippen LogP contribution in [0.4, 0.5) is 0 Å². The van der Waals surface area contributed by atoms with E-state index in [0.717, 1.165) is 4.88 Å². The van der Waals surface area contributed by atoms with Crippen molar-refractivity contribution in [1.82, 2.24) is 0 Å². The molecule has 0 spiro atoms. The topological polar surface area (TPSA) is 55.8 Å². The van der Waals surface area contributed by atoms with Crippen molar-refractivity contribution in [2.24, 2.45) is 0 Å². The van der Waals surface area contributed by atoms with Crippen LogP contribution in [-0.4, -0.2) is 25.1 Å². The van der Waals surface area contributed by atoms with Crippen LogP contribution in [0.25, 0.3) is 6.08 Å². The average Bonchev–Trinajstić information content (AvgIpc) is 2.97. The molecular formula is C15H14O4S. The van der Waals surface area contributed by atoms with Crippen LogP contribution in [0.5, 0.6) is 17.2 Å². The molecule has 0 radical (unpaired) electrons. The first kappa shape index (κ1) is 14.1. The Balaban J connectivity index is 2.34. The number of phenols is 1. The second kappa shape index (κ2) is 6.25. The van der Waals surface area contributed by atoms with Crippen LogP contribution in [-0.2, 0) is 0 Å². The van der Waals surface area contributed by atoms with E-state index >= 15 is 0 Å². The SMILES string of the molecule is COc1cc(O)c(C(=O)/C=C/c2cccs2)c(OC)c1. The van der Waals surface area contributed by atoms with Crippen molar-refractivity contribution < 1.29 is 19.4 Å². The summed E-state index contributed by atoms with van der Waals surface area (Å²) in [6.07, 6.45) is 3.12. The Hall–Kier alpha value is -2.27. The third kappa shape index (κ3) is 3.00. The van der Waals surface area contributed by atoms with Gasteiger partial charge in [0.25, 0.3) is 0 Å². The molecule has 0 fully saturated rings. The molecular weight excluding hydrogens is 276 g/mol. The molecule has 0 unspecified atom stereocenters. The van der Waals surface area contributed by atoms with Gasteiger partial charge in [0.1, 0.15) is 22.8 Å². The third-order valence-corrected chi connectivity index (χ3v) is 3.54. The number of carbonyl (C=O) groups excluding carboxylic acids is 1. The molecule has 0 saturated heterocycles. The number of rotatable bonds is 5. The van der Waals surface area contributed by atoms with Crippen LogP contribution < -0.4 is 9.47 Å². The van der Waals surface area contributed by atoms with E-state index in [-0.39, 0.29) is 22.8 Å². The zero-order valence-corrected chi connectivity index (χ0v) is 11.9. The van der Waals surface area contributed by atoms with E-state index in [1.807, 2.05) is 17.5 Å². The monoisotopic (exact) mass is 290 g/mol. The molecule has 20 heavy (non-hydrogen) atoms. The van der Waals surface area contributed by atoms with E-state index in [4.69, 9.17) is 9.47 Å². The minimum absolute atomic E-state index is 0.126. The lowest BCUT2D eigenvalue weighted by Crippen LogP contribution is -2.00. The summed E-state index contributed by atoms with van der Waals surface area (Å²) in [6.45, 7) is 0. The summed E-state index contributed by atoms with van der Waals surface area (Å²) in [5, 5.41) is 11.9. The molecule has 5 heteroatoms. The van der Waals surface area contributed by atoms with E-state index < -0.39 is 0 Å². The highest BCUT2D eigenvalue weighted by Gasteiger charge is 2.17. The van der Waals surface area contributed by atoms with Crippen molar-refractivity contribution in [2.45, 2.75) is 0 Å². The van der Waals surface area contributed by atoms with Crippen molar-refractivity contribution in [2.75, 3.05) is 14.2 Å². The lowest BCUT2D eigenvalue weighted by atomic mass is 10.1. The van der Waals surface area contributed by atoms with E-state index in [2.05, 4.69) is 0 Å². The van der Waals surface area contributed by atoms with Gasteiger partial charge in [-0.2, -0.15) is 0 Å². The summed E-state index contributed by atoms with van der Waals surface area (Å²) in [5.41, 5.74) is 0.126. The van der Waals surface area contributed by atoms with Gasteiger partial charge in [-0.15, -0.1) is 11.3 Å². The number of carbonyl (C=O) groups is 1. The van der Waals surface area contributed by atoms with Gasteiger partial charge in [-0.05, 0) is 23.6 Å². The highest BCUT2D eigenvalue weighted by Crippen LogP contribution is 2.33. The second-order valence-corrected chi connectivity index (χ2v) is 4.92. The highest BCUT2D eigenvalue weighted by atomic mass is 32.1. The lowest BCUT2D eigenvalue weighted by molar-refractivity contribution is 0.104. The minimum Gasteiger partial charge on any atom is -0.507 e. The van der Waals surface area contributed by atoms with Crippen molar-refractivity contribution in [3.63, 3.8) is 0 Å². The van der Waals surface area contributed by atoms with E-state index in [1.54, 1.807) is 12.1 Å². The van der Waals surface area contributed by atoms with Gasteiger partial charge in [-0.25, -0.2) is 0 Å². The molecule has 0 atom stereocenters. The maximum Gasteiger partial charge on any atom is 0.193 e. The standard InChI is InChI=1S/C15H14O4S/c1-18-10-8-13(17)15(14(9-10)19-2)12(16)6-5-11-4-3-7-20-11/h3-9,17H,1-2H3/b6-5+. The molecule has 0 aliphatic carbocycles. The zero-order valence-electron chi connectivity index (χ0n) is 11.1. The van der Waals surface area contributed by atoms with Gasteiger partial charge in [0.05, 0.1) is 14.2 Å². The fourth-order valence-electron chi connectivity index (χ4n) is 1.73. The Morgan fingerprint density at radius 2 is 2.10 bits per heavy atom. The number of benzene rings is 1. The van der Waals surface area contributed by atoms with Crippen molar-refractivity contribution in [1.29, 1.82) is 0 Å². The molecule has 2 aromatic rings. The maximum atomic E-state index is 12.2. The summed E-state index contributed by atoms with van der Waals surface area (Å²) in [5.74, 6) is 0.221. The first-order valence-electron chi connectivity index (χ1n) is 5.86. The van der Waals surface area contributed by atoms with Crippen LogP contribution in [0.15, 0.2) is 35.7 Å². The number of aromatic hydroxyl groups is 1. The molecule has 0 amide bonds. The maximum absolute atomic E-state index is 12.2. The Kier molecular flexibility index (Phi) is 4.42. The number of hydrogen-bond acceptors (Lipinski definition) is 5. The average molecular weight is 290 g/mol. The molecule has 0 saturated carbocycles. The molecule has 0 aliphatic rings. The predicted molar refractivity (Wildman–Crippen MR) is 78.9 cm³/mol. The van der Waals surface area contributed by atoms with Crippen LogP contribution in [0.1, 0.15) is 15.2 Å². The van der Waals surface area contributed by atoms with Crippen molar-refractivity contribution in [3.8, 4) is 17.2 Å². The molecule has 1 aromatic heterocycles. The first-order chi connectivity index (χ1) is 9.65. The van der Waals surface area contributed by atoms with Crippen molar-refractivity contribution in [3.05, 3.63) is 46.2 Å². The summed E-state index contributed by atoms with van der Waals surface area (Å²) in [6, 6.07) is 6.75. The number of methoxy groups -OCH3 is 2. The smallest absolute Gasteiger partial charge is 0.193 e. The summed E-state index contributed by atoms with van der Waals surface area (Å²) in [7, 11) is 2.92. The number of allylic oxidation sites excluding steroid dienone is 1. The number of ketones is 1. The lowest BCUT2D eigenvalue weighted by Gasteiger charge is -2.10. The van der Waals surface area contributed by atoms with Crippen LogP contribution >= 0.6 is 11.3 Å². The van der Waals surface area contributed by atoms with E-state index in [9.17, 15) is 9.90 Å². The first-order valence-corrected chi connectivity index (χ1v) is 6.74. The molecule has 1 heterocycles. The van der Waals surface area contributed by atoms with Gasteiger partial charge in [0.15, 0.2) is 5.78 Å². The molecule has 0 aliphatic heterocycles. The highest BCUT2D eigenvalue weighted by molar-refractivity contribution is 7.10. The van der Waals surface area contributed by atoms with Gasteiger partial charge in [-0.3, -0.25) is 4.79 Å². The van der Waals surface area contributed by atoms with Crippen LogP contribution in [0, 0.1) is 0 Å². The molecule has 4 nitrogen and oxygen atoms in total. The quantitative estimate of drug-likeness (QED) is 0.677. The number of thiophene rings is 1. The molecule has 104 valence electrons. The number of hydrogen-bond donors (Lipinski definition) is 1. The van der Waals surface area contributed by atoms with Gasteiger partial charge in [-0.1, -0.05) is 6.07 Å². The van der Waals surface area contributed by atoms with Gasteiger partial charge in [0.2, 0.25) is 0 Å². The molecule has 1 aromatic carbocycles. The fourth-order valence-corrected chi connectivity index (χ4v) is 2.35. The fraction of sp³-hybridized carbons (Fsp3) is 0.133. The normalized spacial score (nSPS) is 10.7. The minimum atomic E-state index is -0.324. The van der Waals surface area contributed by atoms with Gasteiger partial charge < -0.3 is 14.6 Å². The van der Waals surface area contributed by atoms with Gasteiger partial charge in [0, 0.05) is 17.0 Å². The Bertz CT molecular complexity index is 630. The predicted octanol–water partition coefficient (Wildman–Crippen LogP) is 3.37. The van der Waals surface area contributed by atoms with E-state index in [0.29, 0.717) is 5.75 Å². The van der Waals surface area contributed by atoms with Gasteiger partial charge >= 0.3 is 0 Å². The molecule has 2 rings (SSSR count). The van der Waals surface area contributed by atoms with Crippen LogP contribution in [0.2, 0.25) is 0 Å². The summed E-state index contributed by atoms with van der Waals surface area (Å²) < 4.78 is 10.2. The third-order valence-electron chi connectivity index (χ3n) is 2.70. The number of ether oxygens (including phenoxy) is 2. The van der Waals surface area contributed by atoms with Crippen molar-refractivity contribution >= 4 is 23.2 Å². The second-order valence-electron chi connectivity index (χ2n) is 3.94. The number of phenolic OH excluding ortho intramolecular Hbond substituents is 1. The molecule has 1 N–H and O–H groups in total. The largest absolute Gasteiger partial charge is 0.507 e. The van der Waals surface area contributed by atoms with Crippen LogP contribution in [0.3, 0.4) is 0 Å². The molecule has 0 bridgehead atoms. The van der Waals surface area contributed by atoms with E-state index in [1.165, 1.54) is 37.7 Å². The Morgan fingerprint density at radius 1 is 1.30 bits per heavy atom. The summed E-state index contributed by atoms with van der Waals surface area (Å²) in [4.78, 5) is 13.1. The summed E-state index contributed by atoms with van der Waals surface area (Å²) >= 11 is 1.53. The zero-order chi connectivity index (χ0) is 14.5.